The lowest BCUT2D eigenvalue weighted by Crippen LogP contribution is -2.36. The molecule has 2 rings (SSSR count). The molecule has 1 saturated heterocycles. The summed E-state index contributed by atoms with van der Waals surface area (Å²) < 4.78 is 18.2. The minimum atomic E-state index is -0.289. The third-order valence-electron chi connectivity index (χ3n) is 3.40. The number of benzene rings is 1. The molecule has 1 aromatic rings. The lowest BCUT2D eigenvalue weighted by atomic mass is 9.97. The lowest BCUT2D eigenvalue weighted by Gasteiger charge is -2.27. The summed E-state index contributed by atoms with van der Waals surface area (Å²) in [6.45, 7) is 8.34. The van der Waals surface area contributed by atoms with Gasteiger partial charge in [-0.1, -0.05) is 0 Å². The fourth-order valence-electron chi connectivity index (χ4n) is 2.55. The fraction of sp³-hybridized carbons (Fsp3) is 0.600. The van der Waals surface area contributed by atoms with Crippen molar-refractivity contribution in [3.8, 4) is 11.5 Å². The van der Waals surface area contributed by atoms with Gasteiger partial charge in [0.25, 0.3) is 0 Å². The molecular formula is C15H21BrO3. The molecule has 1 atom stereocenters. The van der Waals surface area contributed by atoms with E-state index in [1.807, 2.05) is 18.2 Å². The smallest absolute Gasteiger partial charge is 0.134 e. The van der Waals surface area contributed by atoms with Crippen molar-refractivity contribution in [3.05, 3.63) is 22.7 Å². The van der Waals surface area contributed by atoms with Crippen LogP contribution in [0.15, 0.2) is 22.7 Å². The van der Waals surface area contributed by atoms with Crippen molar-refractivity contribution in [2.45, 2.75) is 51.4 Å². The van der Waals surface area contributed by atoms with Crippen LogP contribution in [0.4, 0.5) is 0 Å². The van der Waals surface area contributed by atoms with Crippen LogP contribution in [0.25, 0.3) is 0 Å². The van der Waals surface area contributed by atoms with Gasteiger partial charge in [0.05, 0.1) is 17.2 Å². The molecule has 1 aromatic carbocycles. The van der Waals surface area contributed by atoms with Gasteiger partial charge in [-0.25, -0.2) is 0 Å². The minimum Gasteiger partial charge on any atom is -0.497 e. The quantitative estimate of drug-likeness (QED) is 0.832. The van der Waals surface area contributed by atoms with E-state index in [0.29, 0.717) is 0 Å². The third-order valence-corrected chi connectivity index (χ3v) is 4.02. The SMILES string of the molecule is COc1ccc(OC2CC(C)(C)OC2(C)C)c(Br)c1. The summed E-state index contributed by atoms with van der Waals surface area (Å²) in [5.41, 5.74) is -0.435. The molecule has 1 aliphatic rings. The summed E-state index contributed by atoms with van der Waals surface area (Å²) in [4.78, 5) is 0. The van der Waals surface area contributed by atoms with E-state index in [2.05, 4.69) is 43.6 Å². The first-order valence-electron chi connectivity index (χ1n) is 6.44. The maximum atomic E-state index is 6.13. The summed E-state index contributed by atoms with van der Waals surface area (Å²) in [6, 6.07) is 5.72. The van der Waals surface area contributed by atoms with E-state index >= 15 is 0 Å². The average Bonchev–Trinajstić information content (AvgIpc) is 2.49. The molecule has 4 heteroatoms. The molecule has 1 unspecified atom stereocenters. The second-order valence-corrected chi connectivity index (χ2v) is 6.93. The lowest BCUT2D eigenvalue weighted by molar-refractivity contribution is -0.0846. The summed E-state index contributed by atoms with van der Waals surface area (Å²) in [5.74, 6) is 1.63. The molecule has 1 aliphatic heterocycles. The fourth-order valence-corrected chi connectivity index (χ4v) is 3.00. The molecule has 0 saturated carbocycles. The zero-order valence-corrected chi connectivity index (χ0v) is 13.7. The van der Waals surface area contributed by atoms with Gasteiger partial charge in [0.1, 0.15) is 23.2 Å². The van der Waals surface area contributed by atoms with Gasteiger partial charge in [0.15, 0.2) is 0 Å². The normalized spacial score (nSPS) is 24.2. The van der Waals surface area contributed by atoms with Crippen LogP contribution in [0.1, 0.15) is 34.1 Å². The molecule has 106 valence electrons. The van der Waals surface area contributed by atoms with E-state index in [9.17, 15) is 0 Å². The highest BCUT2D eigenvalue weighted by Crippen LogP contribution is 2.41. The minimum absolute atomic E-state index is 0.0344. The molecular weight excluding hydrogens is 308 g/mol. The predicted octanol–water partition coefficient (Wildman–Crippen LogP) is 4.18. The topological polar surface area (TPSA) is 27.7 Å². The molecule has 0 aromatic heterocycles. The average molecular weight is 329 g/mol. The van der Waals surface area contributed by atoms with E-state index in [1.165, 1.54) is 0 Å². The van der Waals surface area contributed by atoms with Crippen LogP contribution in [-0.4, -0.2) is 24.4 Å². The Kier molecular flexibility index (Phi) is 3.85. The van der Waals surface area contributed by atoms with Gasteiger partial charge in [-0.2, -0.15) is 0 Å². The van der Waals surface area contributed by atoms with E-state index < -0.39 is 0 Å². The second kappa shape index (κ2) is 4.98. The first-order chi connectivity index (χ1) is 8.73. The van der Waals surface area contributed by atoms with Gasteiger partial charge in [-0.05, 0) is 61.8 Å². The van der Waals surface area contributed by atoms with Gasteiger partial charge in [0.2, 0.25) is 0 Å². The monoisotopic (exact) mass is 328 g/mol. The van der Waals surface area contributed by atoms with Crippen molar-refractivity contribution in [3.63, 3.8) is 0 Å². The van der Waals surface area contributed by atoms with Crippen LogP contribution in [0.2, 0.25) is 0 Å². The van der Waals surface area contributed by atoms with Gasteiger partial charge in [-0.15, -0.1) is 0 Å². The zero-order valence-electron chi connectivity index (χ0n) is 12.1. The Morgan fingerprint density at radius 2 is 1.95 bits per heavy atom. The van der Waals surface area contributed by atoms with Crippen molar-refractivity contribution in [1.29, 1.82) is 0 Å². The summed E-state index contributed by atoms with van der Waals surface area (Å²) in [6.07, 6.45) is 0.908. The van der Waals surface area contributed by atoms with Gasteiger partial charge in [-0.3, -0.25) is 0 Å². The van der Waals surface area contributed by atoms with Crippen molar-refractivity contribution < 1.29 is 14.2 Å². The second-order valence-electron chi connectivity index (χ2n) is 6.07. The Labute approximate surface area is 123 Å². The molecule has 1 fully saturated rings. The van der Waals surface area contributed by atoms with Gasteiger partial charge in [0, 0.05) is 6.42 Å². The number of hydrogen-bond acceptors (Lipinski definition) is 3. The van der Waals surface area contributed by atoms with E-state index in [0.717, 1.165) is 22.4 Å². The first kappa shape index (κ1) is 14.7. The van der Waals surface area contributed by atoms with Crippen molar-refractivity contribution >= 4 is 15.9 Å². The number of methoxy groups -OCH3 is 1. The van der Waals surface area contributed by atoms with E-state index in [4.69, 9.17) is 14.2 Å². The highest BCUT2D eigenvalue weighted by Gasteiger charge is 2.47. The Morgan fingerprint density at radius 1 is 1.26 bits per heavy atom. The largest absolute Gasteiger partial charge is 0.497 e. The molecule has 0 radical (unpaired) electrons. The zero-order chi connectivity index (χ0) is 14.3. The van der Waals surface area contributed by atoms with Crippen LogP contribution in [0.5, 0.6) is 11.5 Å². The van der Waals surface area contributed by atoms with Gasteiger partial charge < -0.3 is 14.2 Å². The molecule has 0 amide bonds. The molecule has 3 nitrogen and oxygen atoms in total. The van der Waals surface area contributed by atoms with Crippen molar-refractivity contribution in [1.82, 2.24) is 0 Å². The standard InChI is InChI=1S/C15H21BrO3/c1-14(2)9-13(15(3,4)19-14)18-12-7-6-10(17-5)8-11(12)16/h6-8,13H,9H2,1-5H3. The predicted molar refractivity (Wildman–Crippen MR) is 79.0 cm³/mol. The molecule has 19 heavy (non-hydrogen) atoms. The van der Waals surface area contributed by atoms with Crippen LogP contribution in [0.3, 0.4) is 0 Å². The molecule has 0 spiro atoms. The third kappa shape index (κ3) is 3.23. The van der Waals surface area contributed by atoms with Crippen LogP contribution < -0.4 is 9.47 Å². The Hall–Kier alpha value is -0.740. The Morgan fingerprint density at radius 3 is 2.42 bits per heavy atom. The summed E-state index contributed by atoms with van der Waals surface area (Å²) in [5, 5.41) is 0. The maximum Gasteiger partial charge on any atom is 0.134 e. The van der Waals surface area contributed by atoms with Crippen molar-refractivity contribution in [2.24, 2.45) is 0 Å². The maximum absolute atomic E-state index is 6.13. The first-order valence-corrected chi connectivity index (χ1v) is 7.23. The van der Waals surface area contributed by atoms with Crippen LogP contribution in [0, 0.1) is 0 Å². The highest BCUT2D eigenvalue weighted by molar-refractivity contribution is 9.10. The number of ether oxygens (including phenoxy) is 3. The molecule has 0 aliphatic carbocycles. The van der Waals surface area contributed by atoms with E-state index in [-0.39, 0.29) is 17.3 Å². The molecule has 0 bridgehead atoms. The number of halogens is 1. The summed E-state index contributed by atoms with van der Waals surface area (Å²) in [7, 11) is 1.65. The Balaban J connectivity index is 2.18. The number of hydrogen-bond donors (Lipinski definition) is 0. The highest BCUT2D eigenvalue weighted by atomic mass is 79.9. The number of rotatable bonds is 3. The Bertz CT molecular complexity index is 468. The molecule has 0 N–H and O–H groups in total. The van der Waals surface area contributed by atoms with E-state index in [1.54, 1.807) is 7.11 Å². The van der Waals surface area contributed by atoms with Crippen LogP contribution in [-0.2, 0) is 4.74 Å². The van der Waals surface area contributed by atoms with Gasteiger partial charge >= 0.3 is 0 Å². The summed E-state index contributed by atoms with van der Waals surface area (Å²) >= 11 is 3.52. The molecule has 1 heterocycles. The van der Waals surface area contributed by atoms with Crippen LogP contribution >= 0.6 is 15.9 Å². The van der Waals surface area contributed by atoms with Crippen molar-refractivity contribution in [2.75, 3.05) is 7.11 Å².